The number of aliphatic carboxylic acids is 1. The van der Waals surface area contributed by atoms with E-state index in [-0.39, 0.29) is 24.3 Å². The number of hydrogen-bond donors (Lipinski definition) is 3. The topological polar surface area (TPSA) is 98.7 Å². The Hall–Kier alpha value is -1.79. The zero-order valence-electron chi connectivity index (χ0n) is 12.8. The second-order valence-electron chi connectivity index (χ2n) is 5.37. The minimum Gasteiger partial charge on any atom is -0.480 e. The van der Waals surface area contributed by atoms with Crippen LogP contribution in [0.25, 0.3) is 0 Å². The smallest absolute Gasteiger partial charge is 0.326 e. The zero-order chi connectivity index (χ0) is 15.9. The number of hydrogen-bond acceptors (Lipinski definition) is 3. The van der Waals surface area contributed by atoms with Crippen LogP contribution in [-0.4, -0.2) is 54.6 Å². The first-order valence-corrected chi connectivity index (χ1v) is 6.65. The van der Waals surface area contributed by atoms with Crippen molar-refractivity contribution in [2.75, 3.05) is 20.6 Å². The van der Waals surface area contributed by atoms with Crippen molar-refractivity contribution in [2.45, 2.75) is 33.2 Å². The number of nitrogens with one attached hydrogen (secondary N) is 2. The maximum absolute atomic E-state index is 11.9. The molecule has 116 valence electrons. The van der Waals surface area contributed by atoms with Crippen LogP contribution in [0.5, 0.6) is 0 Å². The lowest BCUT2D eigenvalue weighted by Crippen LogP contribution is -2.49. The largest absolute Gasteiger partial charge is 0.480 e. The summed E-state index contributed by atoms with van der Waals surface area (Å²) in [6, 6.07) is -1.41. The molecule has 0 aliphatic rings. The summed E-state index contributed by atoms with van der Waals surface area (Å²) in [5.41, 5.74) is 0. The Morgan fingerprint density at radius 1 is 1.20 bits per heavy atom. The number of carbonyl (C=O) groups excluding carboxylic acids is 2. The van der Waals surface area contributed by atoms with E-state index in [1.54, 1.807) is 6.92 Å². The molecule has 0 saturated heterocycles. The Kier molecular flexibility index (Phi) is 7.64. The normalized spacial score (nSPS) is 13.5. The van der Waals surface area contributed by atoms with Gasteiger partial charge in [0.1, 0.15) is 6.04 Å². The summed E-state index contributed by atoms with van der Waals surface area (Å²) in [5, 5.41) is 14.0. The highest BCUT2D eigenvalue weighted by Crippen LogP contribution is 2.06. The lowest BCUT2D eigenvalue weighted by Gasteiger charge is -2.24. The molecule has 0 spiro atoms. The minimum absolute atomic E-state index is 0.159. The van der Waals surface area contributed by atoms with Crippen LogP contribution in [0.1, 0.15) is 27.2 Å². The number of carboxylic acids is 1. The van der Waals surface area contributed by atoms with E-state index in [1.165, 1.54) is 19.0 Å². The average molecular weight is 287 g/mol. The molecule has 0 aliphatic heterocycles. The molecule has 0 fully saturated rings. The predicted molar refractivity (Wildman–Crippen MR) is 75.3 cm³/mol. The molecule has 0 aliphatic carbocycles. The van der Waals surface area contributed by atoms with E-state index in [1.807, 2.05) is 13.8 Å². The quantitative estimate of drug-likeness (QED) is 0.635. The van der Waals surface area contributed by atoms with Gasteiger partial charge in [0.25, 0.3) is 0 Å². The van der Waals surface area contributed by atoms with E-state index < -0.39 is 18.0 Å². The standard InChI is InChI=1S/C13H25N3O4/c1-8(2)6-10(12(18)19)15-13(20)16(5)7-9(3)11(17)14-4/h8-10H,6-7H2,1-5H3,(H,14,17)(H,15,20)(H,18,19). The molecule has 0 aromatic rings. The van der Waals surface area contributed by atoms with Crippen molar-refractivity contribution >= 4 is 17.9 Å². The molecule has 0 aromatic carbocycles. The third-order valence-electron chi connectivity index (χ3n) is 2.89. The molecule has 0 rings (SSSR count). The van der Waals surface area contributed by atoms with Crippen LogP contribution < -0.4 is 10.6 Å². The van der Waals surface area contributed by atoms with Crippen LogP contribution in [0, 0.1) is 11.8 Å². The highest BCUT2D eigenvalue weighted by molar-refractivity contribution is 5.83. The van der Waals surface area contributed by atoms with E-state index in [9.17, 15) is 14.4 Å². The average Bonchev–Trinajstić information content (AvgIpc) is 2.35. The van der Waals surface area contributed by atoms with Crippen molar-refractivity contribution in [3.63, 3.8) is 0 Å². The maximum atomic E-state index is 11.9. The van der Waals surface area contributed by atoms with Crippen molar-refractivity contribution in [3.05, 3.63) is 0 Å². The Morgan fingerprint density at radius 2 is 1.75 bits per heavy atom. The third-order valence-corrected chi connectivity index (χ3v) is 2.89. The second kappa shape index (κ2) is 8.39. The molecule has 3 N–H and O–H groups in total. The molecule has 20 heavy (non-hydrogen) atoms. The van der Waals surface area contributed by atoms with Crippen LogP contribution in [0.2, 0.25) is 0 Å². The van der Waals surface area contributed by atoms with Gasteiger partial charge in [-0.05, 0) is 12.3 Å². The van der Waals surface area contributed by atoms with E-state index in [4.69, 9.17) is 5.11 Å². The lowest BCUT2D eigenvalue weighted by molar-refractivity contribution is -0.139. The molecule has 0 heterocycles. The summed E-state index contributed by atoms with van der Waals surface area (Å²) in [5.74, 6) is -1.42. The van der Waals surface area contributed by atoms with Gasteiger partial charge in [-0.15, -0.1) is 0 Å². The monoisotopic (exact) mass is 287 g/mol. The van der Waals surface area contributed by atoms with Gasteiger partial charge in [-0.25, -0.2) is 9.59 Å². The Morgan fingerprint density at radius 3 is 2.15 bits per heavy atom. The fraction of sp³-hybridized carbons (Fsp3) is 0.769. The summed E-state index contributed by atoms with van der Waals surface area (Å²) in [6.07, 6.45) is 0.361. The van der Waals surface area contributed by atoms with Crippen molar-refractivity contribution in [2.24, 2.45) is 11.8 Å². The molecular formula is C13H25N3O4. The molecule has 0 aromatic heterocycles. The van der Waals surface area contributed by atoms with Crippen molar-refractivity contribution in [1.29, 1.82) is 0 Å². The predicted octanol–water partition coefficient (Wildman–Crippen LogP) is 0.509. The number of amides is 3. The maximum Gasteiger partial charge on any atom is 0.326 e. The van der Waals surface area contributed by atoms with Crippen LogP contribution in [-0.2, 0) is 9.59 Å². The highest BCUT2D eigenvalue weighted by atomic mass is 16.4. The molecule has 0 saturated carbocycles. The molecule has 0 bridgehead atoms. The highest BCUT2D eigenvalue weighted by Gasteiger charge is 2.24. The molecular weight excluding hydrogens is 262 g/mol. The number of urea groups is 1. The fourth-order valence-corrected chi connectivity index (χ4v) is 1.78. The van der Waals surface area contributed by atoms with Gasteiger partial charge in [-0.3, -0.25) is 4.79 Å². The molecule has 2 atom stereocenters. The first kappa shape index (κ1) is 18.2. The summed E-state index contributed by atoms with van der Waals surface area (Å²) < 4.78 is 0. The number of nitrogens with zero attached hydrogens (tertiary/aromatic N) is 1. The van der Waals surface area contributed by atoms with Gasteiger partial charge in [0.2, 0.25) is 5.91 Å². The molecule has 3 amide bonds. The van der Waals surface area contributed by atoms with E-state index in [0.29, 0.717) is 6.42 Å². The summed E-state index contributed by atoms with van der Waals surface area (Å²) in [7, 11) is 3.06. The SMILES string of the molecule is CNC(=O)C(C)CN(C)C(=O)NC(CC(C)C)C(=O)O. The number of carbonyl (C=O) groups is 3. The Bertz CT molecular complexity index is 358. The van der Waals surface area contributed by atoms with Gasteiger partial charge < -0.3 is 20.6 Å². The Balaban J connectivity index is 4.49. The second-order valence-corrected chi connectivity index (χ2v) is 5.37. The first-order chi connectivity index (χ1) is 9.18. The van der Waals surface area contributed by atoms with Gasteiger partial charge in [-0.2, -0.15) is 0 Å². The van der Waals surface area contributed by atoms with E-state index in [0.717, 1.165) is 0 Å². The fourth-order valence-electron chi connectivity index (χ4n) is 1.78. The van der Waals surface area contributed by atoms with Crippen LogP contribution in [0.3, 0.4) is 0 Å². The van der Waals surface area contributed by atoms with Crippen LogP contribution >= 0.6 is 0 Å². The number of rotatable bonds is 7. The van der Waals surface area contributed by atoms with Crippen molar-refractivity contribution < 1.29 is 19.5 Å². The molecule has 0 radical (unpaired) electrons. The van der Waals surface area contributed by atoms with Gasteiger partial charge >= 0.3 is 12.0 Å². The lowest BCUT2D eigenvalue weighted by atomic mass is 10.0. The van der Waals surface area contributed by atoms with Gasteiger partial charge in [0, 0.05) is 20.6 Å². The van der Waals surface area contributed by atoms with Gasteiger partial charge in [-0.1, -0.05) is 20.8 Å². The van der Waals surface area contributed by atoms with Crippen molar-refractivity contribution in [1.82, 2.24) is 15.5 Å². The van der Waals surface area contributed by atoms with Crippen LogP contribution in [0.4, 0.5) is 4.79 Å². The molecule has 2 unspecified atom stereocenters. The third kappa shape index (κ3) is 6.40. The van der Waals surface area contributed by atoms with E-state index >= 15 is 0 Å². The van der Waals surface area contributed by atoms with E-state index in [2.05, 4.69) is 10.6 Å². The summed E-state index contributed by atoms with van der Waals surface area (Å²) in [4.78, 5) is 35.7. The summed E-state index contributed by atoms with van der Waals surface area (Å²) >= 11 is 0. The number of carboxylic acid groups (broad SMARTS) is 1. The minimum atomic E-state index is -1.06. The van der Waals surface area contributed by atoms with Gasteiger partial charge in [0.05, 0.1) is 5.92 Å². The van der Waals surface area contributed by atoms with Gasteiger partial charge in [0.15, 0.2) is 0 Å². The molecule has 7 heteroatoms. The van der Waals surface area contributed by atoms with Crippen LogP contribution in [0.15, 0.2) is 0 Å². The zero-order valence-corrected chi connectivity index (χ0v) is 12.8. The summed E-state index contributed by atoms with van der Waals surface area (Å²) in [6.45, 7) is 5.70. The molecule has 7 nitrogen and oxygen atoms in total. The first-order valence-electron chi connectivity index (χ1n) is 6.65. The van der Waals surface area contributed by atoms with Crippen molar-refractivity contribution in [3.8, 4) is 0 Å². The Labute approximate surface area is 119 Å².